The topological polar surface area (TPSA) is 62.9 Å². The van der Waals surface area contributed by atoms with Crippen LogP contribution in [0.4, 0.5) is 4.39 Å². The van der Waals surface area contributed by atoms with Crippen molar-refractivity contribution in [3.8, 4) is 11.3 Å². The van der Waals surface area contributed by atoms with Gasteiger partial charge in [0.25, 0.3) is 0 Å². The summed E-state index contributed by atoms with van der Waals surface area (Å²) < 4.78 is 23.5. The van der Waals surface area contributed by atoms with E-state index in [2.05, 4.69) is 0 Å². The monoisotopic (exact) mass is 319 g/mol. The van der Waals surface area contributed by atoms with Gasteiger partial charge in [-0.1, -0.05) is 0 Å². The summed E-state index contributed by atoms with van der Waals surface area (Å²) in [5.74, 6) is 0.654. The van der Waals surface area contributed by atoms with E-state index in [1.807, 2.05) is 17.0 Å². The number of rotatable bonds is 4. The molecule has 0 unspecified atom stereocenters. The zero-order valence-corrected chi connectivity index (χ0v) is 12.7. The minimum atomic E-state index is -0.550. The van der Waals surface area contributed by atoms with Crippen molar-refractivity contribution in [2.75, 3.05) is 13.7 Å². The Balaban J connectivity index is 1.73. The summed E-state index contributed by atoms with van der Waals surface area (Å²) in [6.07, 6.45) is -0.191. The van der Waals surface area contributed by atoms with Crippen molar-refractivity contribution in [3.05, 3.63) is 48.0 Å². The highest BCUT2D eigenvalue weighted by molar-refractivity contribution is 5.76. The summed E-state index contributed by atoms with van der Waals surface area (Å²) in [5.41, 5.74) is 0.781. The lowest BCUT2D eigenvalue weighted by molar-refractivity contribution is -0.146. The fourth-order valence-corrected chi connectivity index (χ4v) is 2.87. The van der Waals surface area contributed by atoms with Gasteiger partial charge in [-0.2, -0.15) is 0 Å². The first-order chi connectivity index (χ1) is 11.1. The van der Waals surface area contributed by atoms with Crippen molar-refractivity contribution in [1.82, 2.24) is 4.90 Å². The number of carbonyl (C=O) groups is 1. The molecule has 6 heteroatoms. The van der Waals surface area contributed by atoms with Gasteiger partial charge in [0.1, 0.15) is 23.4 Å². The van der Waals surface area contributed by atoms with Crippen molar-refractivity contribution < 1.29 is 23.4 Å². The quantitative estimate of drug-likeness (QED) is 0.875. The number of furan rings is 1. The van der Waals surface area contributed by atoms with E-state index in [4.69, 9.17) is 9.15 Å². The molecule has 0 bridgehead atoms. The molecule has 2 aromatic rings. The van der Waals surface area contributed by atoms with Crippen LogP contribution in [-0.4, -0.2) is 41.8 Å². The average molecular weight is 319 g/mol. The molecule has 1 aliphatic rings. The zero-order chi connectivity index (χ0) is 16.4. The molecule has 0 radical (unpaired) electrons. The van der Waals surface area contributed by atoms with Crippen molar-refractivity contribution in [3.63, 3.8) is 0 Å². The fraction of sp³-hybridized carbons (Fsp3) is 0.353. The molecule has 5 nitrogen and oxygen atoms in total. The van der Waals surface area contributed by atoms with Crippen LogP contribution < -0.4 is 0 Å². The van der Waals surface area contributed by atoms with Gasteiger partial charge in [0, 0.05) is 18.5 Å². The van der Waals surface area contributed by atoms with Crippen molar-refractivity contribution in [2.45, 2.75) is 25.1 Å². The number of hydrogen-bond donors (Lipinski definition) is 1. The van der Waals surface area contributed by atoms with Crippen LogP contribution in [0.3, 0.4) is 0 Å². The molecule has 2 atom stereocenters. The minimum Gasteiger partial charge on any atom is -0.468 e. The second-order valence-corrected chi connectivity index (χ2v) is 5.63. The van der Waals surface area contributed by atoms with Gasteiger partial charge in [-0.3, -0.25) is 9.69 Å². The predicted octanol–water partition coefficient (Wildman–Crippen LogP) is 2.19. The Kier molecular flexibility index (Phi) is 4.45. The van der Waals surface area contributed by atoms with Gasteiger partial charge in [-0.25, -0.2) is 4.39 Å². The maximum absolute atomic E-state index is 13.0. The van der Waals surface area contributed by atoms with Crippen LogP contribution in [0, 0.1) is 5.82 Å². The molecule has 1 aliphatic heterocycles. The number of nitrogens with zero attached hydrogens (tertiary/aromatic N) is 1. The number of ether oxygens (including phenoxy) is 1. The lowest BCUT2D eigenvalue weighted by Gasteiger charge is -2.20. The first-order valence-electron chi connectivity index (χ1n) is 7.41. The number of β-amino-alcohol motifs (C(OH)–C–C–N with tert-alkyl or cyclic N) is 1. The molecular weight excluding hydrogens is 301 g/mol. The Hall–Kier alpha value is -2.18. The molecule has 23 heavy (non-hydrogen) atoms. The van der Waals surface area contributed by atoms with Crippen LogP contribution in [0.25, 0.3) is 11.3 Å². The number of halogens is 1. The Bertz CT molecular complexity index is 682. The lowest BCUT2D eigenvalue weighted by atomic mass is 10.2. The van der Waals surface area contributed by atoms with E-state index < -0.39 is 12.1 Å². The maximum Gasteiger partial charge on any atom is 0.323 e. The van der Waals surface area contributed by atoms with E-state index in [-0.39, 0.29) is 11.8 Å². The lowest BCUT2D eigenvalue weighted by Crippen LogP contribution is -2.36. The summed E-state index contributed by atoms with van der Waals surface area (Å²) >= 11 is 0. The Morgan fingerprint density at radius 1 is 1.35 bits per heavy atom. The van der Waals surface area contributed by atoms with Gasteiger partial charge in [-0.15, -0.1) is 0 Å². The second-order valence-electron chi connectivity index (χ2n) is 5.63. The number of benzene rings is 1. The molecule has 1 N–H and O–H groups in total. The first kappa shape index (κ1) is 15.7. The van der Waals surface area contributed by atoms with Crippen LogP contribution >= 0.6 is 0 Å². The largest absolute Gasteiger partial charge is 0.468 e. The number of hydrogen-bond acceptors (Lipinski definition) is 5. The van der Waals surface area contributed by atoms with Crippen molar-refractivity contribution >= 4 is 5.97 Å². The number of aliphatic hydroxyl groups is 1. The van der Waals surface area contributed by atoms with E-state index in [0.717, 1.165) is 5.56 Å². The standard InChI is InChI=1S/C17H18FNO4/c1-22-17(21)15-8-13(20)9-19(15)10-14-6-7-16(23-14)11-2-4-12(18)5-3-11/h2-7,13,15,20H,8-10H2,1H3/t13-,15-/m0/s1. The van der Waals surface area contributed by atoms with Gasteiger partial charge in [0.05, 0.1) is 19.8 Å². The molecule has 1 aromatic carbocycles. The molecule has 1 aromatic heterocycles. The summed E-state index contributed by atoms with van der Waals surface area (Å²) in [7, 11) is 1.34. The van der Waals surface area contributed by atoms with Crippen LogP contribution in [0.1, 0.15) is 12.2 Å². The maximum atomic E-state index is 13.0. The molecule has 0 spiro atoms. The third-order valence-electron chi connectivity index (χ3n) is 4.00. The highest BCUT2D eigenvalue weighted by Gasteiger charge is 2.37. The fourth-order valence-electron chi connectivity index (χ4n) is 2.87. The summed E-state index contributed by atoms with van der Waals surface area (Å²) in [6.45, 7) is 0.796. The molecule has 1 fully saturated rings. The van der Waals surface area contributed by atoms with Crippen LogP contribution in [-0.2, 0) is 16.1 Å². The number of carbonyl (C=O) groups excluding carboxylic acids is 1. The normalized spacial score (nSPS) is 21.5. The molecule has 2 heterocycles. The van der Waals surface area contributed by atoms with Gasteiger partial charge in [-0.05, 0) is 36.4 Å². The smallest absolute Gasteiger partial charge is 0.323 e. The minimum absolute atomic E-state index is 0.299. The molecule has 0 aliphatic carbocycles. The summed E-state index contributed by atoms with van der Waals surface area (Å²) in [6, 6.07) is 9.21. The van der Waals surface area contributed by atoms with Gasteiger partial charge < -0.3 is 14.3 Å². The van der Waals surface area contributed by atoms with E-state index in [1.54, 1.807) is 12.1 Å². The first-order valence-corrected chi connectivity index (χ1v) is 7.41. The van der Waals surface area contributed by atoms with Gasteiger partial charge in [0.15, 0.2) is 0 Å². The second kappa shape index (κ2) is 6.52. The number of esters is 1. The van der Waals surface area contributed by atoms with E-state index >= 15 is 0 Å². The van der Waals surface area contributed by atoms with E-state index in [0.29, 0.717) is 31.0 Å². The highest BCUT2D eigenvalue weighted by Crippen LogP contribution is 2.26. The van der Waals surface area contributed by atoms with Crippen LogP contribution in [0.2, 0.25) is 0 Å². The molecular formula is C17H18FNO4. The van der Waals surface area contributed by atoms with Gasteiger partial charge >= 0.3 is 5.97 Å². The Morgan fingerprint density at radius 2 is 2.09 bits per heavy atom. The van der Waals surface area contributed by atoms with Crippen molar-refractivity contribution in [1.29, 1.82) is 0 Å². The predicted molar refractivity (Wildman–Crippen MR) is 80.9 cm³/mol. The number of likely N-dealkylation sites (tertiary alicyclic amines) is 1. The molecule has 1 saturated heterocycles. The van der Waals surface area contributed by atoms with Crippen molar-refractivity contribution in [2.24, 2.45) is 0 Å². The average Bonchev–Trinajstić information content (AvgIpc) is 3.14. The molecule has 0 saturated carbocycles. The summed E-state index contributed by atoms with van der Waals surface area (Å²) in [4.78, 5) is 13.6. The Labute approximate surface area is 133 Å². The van der Waals surface area contributed by atoms with E-state index in [9.17, 15) is 14.3 Å². The number of methoxy groups -OCH3 is 1. The highest BCUT2D eigenvalue weighted by atomic mass is 19.1. The molecule has 122 valence electrons. The molecule has 3 rings (SSSR count). The third kappa shape index (κ3) is 3.43. The zero-order valence-electron chi connectivity index (χ0n) is 12.7. The SMILES string of the molecule is COC(=O)[C@@H]1C[C@H](O)CN1Cc1ccc(-c2ccc(F)cc2)o1. The van der Waals surface area contributed by atoms with Crippen LogP contribution in [0.15, 0.2) is 40.8 Å². The molecule has 0 amide bonds. The number of aliphatic hydroxyl groups excluding tert-OH is 1. The third-order valence-corrected chi connectivity index (χ3v) is 4.00. The van der Waals surface area contributed by atoms with Crippen LogP contribution in [0.5, 0.6) is 0 Å². The Morgan fingerprint density at radius 3 is 2.78 bits per heavy atom. The van der Waals surface area contributed by atoms with E-state index in [1.165, 1.54) is 19.2 Å². The summed E-state index contributed by atoms with van der Waals surface area (Å²) in [5, 5.41) is 9.79. The van der Waals surface area contributed by atoms with Gasteiger partial charge in [0.2, 0.25) is 0 Å².